The highest BCUT2D eigenvalue weighted by Crippen LogP contribution is 2.31. The monoisotopic (exact) mass is 502 g/mol. The van der Waals surface area contributed by atoms with Crippen LogP contribution in [-0.2, 0) is 13.0 Å². The lowest BCUT2D eigenvalue weighted by molar-refractivity contribution is 0.0939. The molecule has 3 aromatic heterocycles. The summed E-state index contributed by atoms with van der Waals surface area (Å²) in [6, 6.07) is 18.6. The molecule has 0 aliphatic rings. The van der Waals surface area contributed by atoms with Gasteiger partial charge in [-0.1, -0.05) is 34.1 Å². The number of ketones is 1. The van der Waals surface area contributed by atoms with Gasteiger partial charge in [0.25, 0.3) is 11.8 Å². The van der Waals surface area contributed by atoms with E-state index in [2.05, 4.69) is 43.2 Å². The van der Waals surface area contributed by atoms with Crippen LogP contribution in [0.5, 0.6) is 5.75 Å². The lowest BCUT2D eigenvalue weighted by Gasteiger charge is -2.07. The first-order chi connectivity index (χ1) is 16.0. The lowest BCUT2D eigenvalue weighted by Crippen LogP contribution is -2.12. The summed E-state index contributed by atoms with van der Waals surface area (Å²) in [5.41, 5.74) is 4.49. The second-order valence-corrected chi connectivity index (χ2v) is 8.62. The van der Waals surface area contributed by atoms with E-state index in [0.29, 0.717) is 12.1 Å². The van der Waals surface area contributed by atoms with Gasteiger partial charge in [-0.3, -0.25) is 9.78 Å². The predicted molar refractivity (Wildman–Crippen MR) is 127 cm³/mol. The van der Waals surface area contributed by atoms with Crippen molar-refractivity contribution in [3.63, 3.8) is 0 Å². The van der Waals surface area contributed by atoms with E-state index < -0.39 is 0 Å². The maximum absolute atomic E-state index is 13.0. The number of halogens is 1. The van der Waals surface area contributed by atoms with Crippen molar-refractivity contribution in [3.05, 3.63) is 94.0 Å². The van der Waals surface area contributed by atoms with Gasteiger partial charge in [0.05, 0.1) is 6.54 Å². The number of aromatic hydroxyl groups is 1. The Morgan fingerprint density at radius 1 is 1.09 bits per heavy atom. The number of aromatic nitrogens is 4. The third kappa shape index (κ3) is 4.17. The van der Waals surface area contributed by atoms with Crippen molar-refractivity contribution in [1.29, 1.82) is 0 Å². The fraction of sp³-hybridized carbons (Fsp3) is 0.120. The number of pyridine rings is 1. The zero-order valence-corrected chi connectivity index (χ0v) is 19.3. The van der Waals surface area contributed by atoms with Gasteiger partial charge in [-0.05, 0) is 66.9 Å². The second-order valence-electron chi connectivity index (χ2n) is 7.71. The summed E-state index contributed by atoms with van der Waals surface area (Å²) >= 11 is 3.47. The highest BCUT2D eigenvalue weighted by Gasteiger charge is 2.21. The van der Waals surface area contributed by atoms with Gasteiger partial charge >= 0.3 is 0 Å². The van der Waals surface area contributed by atoms with Gasteiger partial charge < -0.3 is 14.1 Å². The van der Waals surface area contributed by atoms with Crippen molar-refractivity contribution in [3.8, 4) is 17.3 Å². The third-order valence-electron chi connectivity index (χ3n) is 5.58. The highest BCUT2D eigenvalue weighted by molar-refractivity contribution is 9.10. The highest BCUT2D eigenvalue weighted by atomic mass is 79.9. The minimum atomic E-state index is -0.298. The number of carbonyl (C=O) groups is 1. The Balaban J connectivity index is 1.49. The van der Waals surface area contributed by atoms with Gasteiger partial charge in [0.1, 0.15) is 11.4 Å². The van der Waals surface area contributed by atoms with Crippen molar-refractivity contribution in [2.75, 3.05) is 0 Å². The number of Topliss-reactive ketones (excluding diaryl/α,β-unsaturated/α-hetero) is 1. The Morgan fingerprint density at radius 3 is 2.67 bits per heavy atom. The lowest BCUT2D eigenvalue weighted by atomic mass is 10.0. The van der Waals surface area contributed by atoms with Gasteiger partial charge in [0, 0.05) is 27.3 Å². The molecule has 0 unspecified atom stereocenters. The Morgan fingerprint density at radius 2 is 1.91 bits per heavy atom. The smallest absolute Gasteiger partial charge is 0.286 e. The molecule has 5 aromatic rings. The summed E-state index contributed by atoms with van der Waals surface area (Å²) < 4.78 is 8.54. The molecule has 0 aliphatic heterocycles. The minimum Gasteiger partial charge on any atom is -0.508 e. The maximum Gasteiger partial charge on any atom is 0.286 e. The van der Waals surface area contributed by atoms with Gasteiger partial charge in [0.2, 0.25) is 5.78 Å². The van der Waals surface area contributed by atoms with Crippen LogP contribution in [0.1, 0.15) is 27.5 Å². The first kappa shape index (κ1) is 21.1. The van der Waals surface area contributed by atoms with Crippen LogP contribution in [0.4, 0.5) is 0 Å². The van der Waals surface area contributed by atoms with E-state index in [0.717, 1.165) is 32.2 Å². The largest absolute Gasteiger partial charge is 0.508 e. The van der Waals surface area contributed by atoms with Crippen molar-refractivity contribution in [2.24, 2.45) is 0 Å². The first-order valence-electron chi connectivity index (χ1n) is 10.3. The number of carbonyl (C=O) groups excluding carboxylic acids is 1. The van der Waals surface area contributed by atoms with Crippen LogP contribution in [0.25, 0.3) is 22.5 Å². The fourth-order valence-electron chi connectivity index (χ4n) is 3.91. The number of hydrogen-bond acceptors (Lipinski definition) is 6. The molecule has 7 nitrogen and oxygen atoms in total. The van der Waals surface area contributed by atoms with Crippen LogP contribution >= 0.6 is 15.9 Å². The Labute approximate surface area is 197 Å². The molecule has 0 saturated heterocycles. The van der Waals surface area contributed by atoms with Crippen molar-refractivity contribution < 1.29 is 14.3 Å². The molecular weight excluding hydrogens is 484 g/mol. The average molecular weight is 503 g/mol. The summed E-state index contributed by atoms with van der Waals surface area (Å²) in [7, 11) is 0. The van der Waals surface area contributed by atoms with E-state index in [1.54, 1.807) is 30.5 Å². The standard InChI is InChI=1S/C25H19BrN4O3/c1-15-19(12-16-5-7-17(26)8-6-16)20-13-18(31)9-10-22(20)30(15)14-23(32)25-29-28-24(33-25)21-4-2-3-11-27-21/h2-11,13,31H,12,14H2,1H3. The van der Waals surface area contributed by atoms with Crippen molar-refractivity contribution >= 4 is 32.6 Å². The van der Waals surface area contributed by atoms with E-state index in [4.69, 9.17) is 4.42 Å². The fourth-order valence-corrected chi connectivity index (χ4v) is 4.18. The first-order valence-corrected chi connectivity index (χ1v) is 11.1. The molecule has 8 heteroatoms. The SMILES string of the molecule is Cc1c(Cc2ccc(Br)cc2)c2cc(O)ccc2n1CC(=O)c1nnc(-c2ccccn2)o1. The van der Waals surface area contributed by atoms with Gasteiger partial charge in [0.15, 0.2) is 0 Å². The average Bonchev–Trinajstić information content (AvgIpc) is 3.41. The number of phenols is 1. The molecule has 0 radical (unpaired) electrons. The Bertz CT molecular complexity index is 1460. The van der Waals surface area contributed by atoms with E-state index in [9.17, 15) is 9.90 Å². The molecule has 5 rings (SSSR count). The maximum atomic E-state index is 13.0. The molecule has 0 atom stereocenters. The van der Waals surface area contributed by atoms with E-state index in [-0.39, 0.29) is 29.9 Å². The molecule has 3 heterocycles. The quantitative estimate of drug-likeness (QED) is 0.315. The molecule has 33 heavy (non-hydrogen) atoms. The van der Waals surface area contributed by atoms with E-state index >= 15 is 0 Å². The zero-order valence-electron chi connectivity index (χ0n) is 17.7. The predicted octanol–water partition coefficient (Wildman–Crippen LogP) is 5.34. The number of nitrogens with zero attached hydrogens (tertiary/aromatic N) is 4. The van der Waals surface area contributed by atoms with Crippen molar-refractivity contribution in [2.45, 2.75) is 19.9 Å². The van der Waals surface area contributed by atoms with Crippen LogP contribution in [0.3, 0.4) is 0 Å². The molecule has 0 aliphatic carbocycles. The van der Waals surface area contributed by atoms with Crippen LogP contribution in [-0.4, -0.2) is 30.6 Å². The Kier molecular flexibility index (Phi) is 5.51. The molecule has 0 fully saturated rings. The summed E-state index contributed by atoms with van der Waals surface area (Å²) in [6.45, 7) is 2.02. The number of rotatable bonds is 6. The molecule has 0 spiro atoms. The summed E-state index contributed by atoms with van der Waals surface area (Å²) in [6.07, 6.45) is 2.30. The number of fused-ring (bicyclic) bond motifs is 1. The van der Waals surface area contributed by atoms with E-state index in [1.807, 2.05) is 35.8 Å². The van der Waals surface area contributed by atoms with Crippen LogP contribution in [0.2, 0.25) is 0 Å². The van der Waals surface area contributed by atoms with Gasteiger partial charge in [-0.25, -0.2) is 0 Å². The van der Waals surface area contributed by atoms with Crippen LogP contribution in [0, 0.1) is 6.92 Å². The van der Waals surface area contributed by atoms with Crippen LogP contribution in [0.15, 0.2) is 75.8 Å². The molecular formula is C25H19BrN4O3. The molecule has 2 aromatic carbocycles. The molecule has 164 valence electrons. The topological polar surface area (TPSA) is 94.0 Å². The normalized spacial score (nSPS) is 11.2. The molecule has 0 saturated carbocycles. The van der Waals surface area contributed by atoms with E-state index in [1.165, 1.54) is 0 Å². The van der Waals surface area contributed by atoms with Gasteiger partial charge in [-0.15, -0.1) is 10.2 Å². The molecule has 0 amide bonds. The summed E-state index contributed by atoms with van der Waals surface area (Å²) in [4.78, 5) is 17.2. The van der Waals surface area contributed by atoms with Crippen molar-refractivity contribution in [1.82, 2.24) is 19.7 Å². The summed E-state index contributed by atoms with van der Waals surface area (Å²) in [5.74, 6) is 0.0203. The third-order valence-corrected chi connectivity index (χ3v) is 6.11. The molecule has 1 N–H and O–H groups in total. The van der Waals surface area contributed by atoms with Crippen LogP contribution < -0.4 is 0 Å². The number of phenolic OH excluding ortho intramolecular Hbond substituents is 1. The Hall–Kier alpha value is -3.78. The number of benzene rings is 2. The zero-order chi connectivity index (χ0) is 22.9. The summed E-state index contributed by atoms with van der Waals surface area (Å²) in [5, 5.41) is 18.9. The molecule has 0 bridgehead atoms. The number of hydrogen-bond donors (Lipinski definition) is 1. The second kappa shape index (κ2) is 8.63. The minimum absolute atomic E-state index is 0.0390. The van der Waals surface area contributed by atoms with Gasteiger partial charge in [-0.2, -0.15) is 0 Å².